The number of benzene rings is 1. The molecule has 5 heteroatoms. The second kappa shape index (κ2) is 5.34. The quantitative estimate of drug-likeness (QED) is 0.802. The van der Waals surface area contributed by atoms with Crippen LogP contribution in [0.25, 0.3) is 10.9 Å². The van der Waals surface area contributed by atoms with E-state index in [2.05, 4.69) is 16.1 Å². The molecule has 2 heterocycles. The minimum atomic E-state index is -0.446. The topological polar surface area (TPSA) is 50.9 Å². The number of fused-ring (bicyclic) bond motifs is 1. The number of thiazole rings is 1. The maximum absolute atomic E-state index is 10.3. The minimum Gasteiger partial charge on any atom is -0.392 e. The first-order chi connectivity index (χ1) is 9.63. The number of aliphatic hydroxyl groups is 1. The van der Waals surface area contributed by atoms with Gasteiger partial charge in [0.15, 0.2) is 0 Å². The average Bonchev–Trinajstić information content (AvgIpc) is 2.95. The summed E-state index contributed by atoms with van der Waals surface area (Å²) in [6.07, 6.45) is 0.697. The van der Waals surface area contributed by atoms with Gasteiger partial charge in [-0.15, -0.1) is 11.3 Å². The van der Waals surface area contributed by atoms with Crippen LogP contribution in [-0.2, 0) is 19.9 Å². The third-order valence-corrected chi connectivity index (χ3v) is 4.33. The molecule has 0 radical (unpaired) electrons. The molecule has 0 saturated carbocycles. The Morgan fingerprint density at radius 2 is 2.10 bits per heavy atom. The monoisotopic (exact) mass is 287 g/mol. The molecule has 1 atom stereocenters. The normalized spacial score (nSPS) is 12.9. The Balaban J connectivity index is 1.79. The predicted octanol–water partition coefficient (Wildman–Crippen LogP) is 2.48. The molecule has 4 nitrogen and oxygen atoms in total. The smallest absolute Gasteiger partial charge is 0.0954 e. The molecule has 1 unspecified atom stereocenters. The van der Waals surface area contributed by atoms with Crippen LogP contribution in [0.4, 0.5) is 0 Å². The number of aliphatic hydroxyl groups excluding tert-OH is 1. The first-order valence-corrected chi connectivity index (χ1v) is 7.51. The largest absolute Gasteiger partial charge is 0.392 e. The standard InChI is InChI=1S/C15H17N3OS/c1-10-9-20-15(16-10)8-11(19)7-13-12-5-3-4-6-14(12)18(2)17-13/h3-6,9,11,19H,7-8H2,1-2H3. The summed E-state index contributed by atoms with van der Waals surface area (Å²) in [5, 5.41) is 18.9. The molecule has 1 aromatic carbocycles. The molecular formula is C15H17N3OS. The lowest BCUT2D eigenvalue weighted by Crippen LogP contribution is -2.14. The van der Waals surface area contributed by atoms with Crippen molar-refractivity contribution < 1.29 is 5.11 Å². The summed E-state index contributed by atoms with van der Waals surface area (Å²) >= 11 is 1.60. The van der Waals surface area contributed by atoms with Crippen LogP contribution in [0.5, 0.6) is 0 Å². The van der Waals surface area contributed by atoms with Crippen molar-refractivity contribution in [2.45, 2.75) is 25.9 Å². The third kappa shape index (κ3) is 2.59. The Morgan fingerprint density at radius 1 is 1.30 bits per heavy atom. The van der Waals surface area contributed by atoms with E-state index in [9.17, 15) is 5.11 Å². The molecule has 0 bridgehead atoms. The lowest BCUT2D eigenvalue weighted by molar-refractivity contribution is 0.174. The fourth-order valence-electron chi connectivity index (χ4n) is 2.43. The number of hydrogen-bond acceptors (Lipinski definition) is 4. The number of para-hydroxylation sites is 1. The molecule has 0 aliphatic carbocycles. The average molecular weight is 287 g/mol. The van der Waals surface area contributed by atoms with Crippen molar-refractivity contribution in [3.05, 3.63) is 46.0 Å². The summed E-state index contributed by atoms with van der Waals surface area (Å²) in [4.78, 5) is 4.39. The van der Waals surface area contributed by atoms with Gasteiger partial charge in [-0.3, -0.25) is 4.68 Å². The van der Waals surface area contributed by atoms with Crippen molar-refractivity contribution in [1.82, 2.24) is 14.8 Å². The molecule has 20 heavy (non-hydrogen) atoms. The van der Waals surface area contributed by atoms with Gasteiger partial charge >= 0.3 is 0 Å². The summed E-state index contributed by atoms with van der Waals surface area (Å²) in [5.74, 6) is 0. The molecule has 0 saturated heterocycles. The fourth-order valence-corrected chi connectivity index (χ4v) is 3.28. The van der Waals surface area contributed by atoms with E-state index in [1.54, 1.807) is 11.3 Å². The Hall–Kier alpha value is -1.72. The molecule has 0 amide bonds. The van der Waals surface area contributed by atoms with E-state index in [1.165, 1.54) is 0 Å². The molecule has 0 aliphatic rings. The van der Waals surface area contributed by atoms with Crippen LogP contribution in [0.3, 0.4) is 0 Å². The third-order valence-electron chi connectivity index (χ3n) is 3.34. The minimum absolute atomic E-state index is 0.446. The Labute approximate surface area is 121 Å². The van der Waals surface area contributed by atoms with Crippen LogP contribution < -0.4 is 0 Å². The van der Waals surface area contributed by atoms with E-state index in [0.29, 0.717) is 12.8 Å². The van der Waals surface area contributed by atoms with Gasteiger partial charge in [0.1, 0.15) is 0 Å². The van der Waals surface area contributed by atoms with Gasteiger partial charge in [0.05, 0.1) is 22.3 Å². The number of nitrogens with zero attached hydrogens (tertiary/aromatic N) is 3. The van der Waals surface area contributed by atoms with Crippen LogP contribution in [0.15, 0.2) is 29.6 Å². The second-order valence-corrected chi connectivity index (χ2v) is 5.97. The van der Waals surface area contributed by atoms with Crippen LogP contribution in [0.2, 0.25) is 0 Å². The molecule has 0 spiro atoms. The molecule has 1 N–H and O–H groups in total. The van der Waals surface area contributed by atoms with Crippen LogP contribution in [0.1, 0.15) is 16.4 Å². The van der Waals surface area contributed by atoms with Crippen molar-refractivity contribution in [1.29, 1.82) is 0 Å². The van der Waals surface area contributed by atoms with Crippen LogP contribution in [0, 0.1) is 6.92 Å². The lowest BCUT2D eigenvalue weighted by atomic mass is 10.1. The Bertz CT molecular complexity index is 732. The number of hydrogen-bond donors (Lipinski definition) is 1. The first-order valence-electron chi connectivity index (χ1n) is 6.63. The maximum Gasteiger partial charge on any atom is 0.0954 e. The number of rotatable bonds is 4. The van der Waals surface area contributed by atoms with Crippen molar-refractivity contribution in [2.75, 3.05) is 0 Å². The summed E-state index contributed by atoms with van der Waals surface area (Å²) < 4.78 is 1.87. The van der Waals surface area contributed by atoms with Gasteiger partial charge in [-0.05, 0) is 13.0 Å². The highest BCUT2D eigenvalue weighted by molar-refractivity contribution is 7.09. The summed E-state index contributed by atoms with van der Waals surface area (Å²) in [5.41, 5.74) is 3.06. The molecule has 0 fully saturated rings. The van der Waals surface area contributed by atoms with Crippen LogP contribution >= 0.6 is 11.3 Å². The summed E-state index contributed by atoms with van der Waals surface area (Å²) in [6.45, 7) is 1.97. The van der Waals surface area contributed by atoms with Gasteiger partial charge in [0, 0.05) is 36.3 Å². The predicted molar refractivity (Wildman–Crippen MR) is 81.0 cm³/mol. The molecule has 3 rings (SSSR count). The van der Waals surface area contributed by atoms with Gasteiger partial charge in [-0.25, -0.2) is 4.98 Å². The molecule has 3 aromatic rings. The molecular weight excluding hydrogens is 270 g/mol. The molecule has 0 aliphatic heterocycles. The van der Waals surface area contributed by atoms with E-state index >= 15 is 0 Å². The Kier molecular flexibility index (Phi) is 3.54. The SMILES string of the molecule is Cc1csc(CC(O)Cc2nn(C)c3ccccc23)n1. The van der Waals surface area contributed by atoms with Crippen molar-refractivity contribution in [3.8, 4) is 0 Å². The van der Waals surface area contributed by atoms with Gasteiger partial charge in [-0.1, -0.05) is 18.2 Å². The van der Waals surface area contributed by atoms with E-state index in [-0.39, 0.29) is 0 Å². The highest BCUT2D eigenvalue weighted by Gasteiger charge is 2.14. The lowest BCUT2D eigenvalue weighted by Gasteiger charge is -2.06. The van der Waals surface area contributed by atoms with E-state index in [1.807, 2.05) is 42.2 Å². The second-order valence-electron chi connectivity index (χ2n) is 5.03. The van der Waals surface area contributed by atoms with Crippen molar-refractivity contribution in [2.24, 2.45) is 7.05 Å². The first kappa shape index (κ1) is 13.3. The summed E-state index contributed by atoms with van der Waals surface area (Å²) in [6, 6.07) is 8.10. The number of aromatic nitrogens is 3. The molecule has 2 aromatic heterocycles. The van der Waals surface area contributed by atoms with E-state index in [0.717, 1.165) is 27.3 Å². The van der Waals surface area contributed by atoms with Gasteiger partial charge in [-0.2, -0.15) is 5.10 Å². The van der Waals surface area contributed by atoms with Gasteiger partial charge < -0.3 is 5.11 Å². The van der Waals surface area contributed by atoms with Gasteiger partial charge in [0.25, 0.3) is 0 Å². The highest BCUT2D eigenvalue weighted by Crippen LogP contribution is 2.20. The zero-order valence-corrected chi connectivity index (χ0v) is 12.4. The van der Waals surface area contributed by atoms with E-state index in [4.69, 9.17) is 0 Å². The number of aryl methyl sites for hydroxylation is 2. The van der Waals surface area contributed by atoms with E-state index < -0.39 is 6.10 Å². The van der Waals surface area contributed by atoms with Crippen molar-refractivity contribution >= 4 is 22.2 Å². The van der Waals surface area contributed by atoms with Crippen molar-refractivity contribution in [3.63, 3.8) is 0 Å². The fraction of sp³-hybridized carbons (Fsp3) is 0.333. The Morgan fingerprint density at radius 3 is 2.85 bits per heavy atom. The highest BCUT2D eigenvalue weighted by atomic mass is 32.1. The summed E-state index contributed by atoms with van der Waals surface area (Å²) in [7, 11) is 1.93. The zero-order valence-electron chi connectivity index (χ0n) is 11.6. The zero-order chi connectivity index (χ0) is 14.1. The van der Waals surface area contributed by atoms with Gasteiger partial charge in [0.2, 0.25) is 0 Å². The molecule has 104 valence electrons. The van der Waals surface area contributed by atoms with Crippen LogP contribution in [-0.4, -0.2) is 26.0 Å². The maximum atomic E-state index is 10.3.